The van der Waals surface area contributed by atoms with Gasteiger partial charge in [-0.3, -0.25) is 4.90 Å². The van der Waals surface area contributed by atoms with Crippen LogP contribution in [0.4, 0.5) is 5.82 Å². The number of hydrogen-bond acceptors (Lipinski definition) is 5. The van der Waals surface area contributed by atoms with Crippen LogP contribution in [0, 0.1) is 0 Å². The highest BCUT2D eigenvalue weighted by Crippen LogP contribution is 2.32. The number of fused-ring (bicyclic) bond motifs is 1. The van der Waals surface area contributed by atoms with Crippen molar-refractivity contribution in [2.24, 2.45) is 0 Å². The maximum absolute atomic E-state index is 4.90. The van der Waals surface area contributed by atoms with Gasteiger partial charge in [-0.25, -0.2) is 9.97 Å². The molecule has 0 spiro atoms. The van der Waals surface area contributed by atoms with Gasteiger partial charge in [0.2, 0.25) is 0 Å². The molecule has 1 unspecified atom stereocenters. The highest BCUT2D eigenvalue weighted by Gasteiger charge is 2.26. The number of thiazole rings is 1. The van der Waals surface area contributed by atoms with E-state index in [2.05, 4.69) is 49.5 Å². The van der Waals surface area contributed by atoms with Crippen LogP contribution < -0.4 is 5.32 Å². The molecule has 4 heterocycles. The number of likely N-dealkylation sites (tertiary alicyclic amines) is 1. The summed E-state index contributed by atoms with van der Waals surface area (Å²) in [5.74, 6) is 0.951. The summed E-state index contributed by atoms with van der Waals surface area (Å²) in [5.41, 5.74) is 5.35. The molecular weight excluding hydrogens is 306 g/mol. The van der Waals surface area contributed by atoms with Gasteiger partial charge in [0.05, 0.1) is 28.5 Å². The molecule has 4 rings (SSSR count). The molecule has 3 aromatic heterocycles. The van der Waals surface area contributed by atoms with Crippen LogP contribution in [-0.2, 0) is 6.54 Å². The fourth-order valence-corrected chi connectivity index (χ4v) is 4.00. The van der Waals surface area contributed by atoms with Gasteiger partial charge in [-0.1, -0.05) is 6.42 Å². The first-order valence-electron chi connectivity index (χ1n) is 8.11. The van der Waals surface area contributed by atoms with Crippen molar-refractivity contribution in [2.75, 3.05) is 18.9 Å². The van der Waals surface area contributed by atoms with Crippen molar-refractivity contribution >= 4 is 22.7 Å². The molecule has 0 aromatic carbocycles. The highest BCUT2D eigenvalue weighted by atomic mass is 32.1. The van der Waals surface area contributed by atoms with Crippen LogP contribution in [-0.4, -0.2) is 32.9 Å². The standard InChI is InChI=1S/C17H21N5S/c1-18-17-16-6-4-8-22(16)10-14(20-17)15-5-2-3-7-21(15)9-13-11-23-12-19-13/h4,6,8,10-12,15H,2-3,5,7,9H2,1H3,(H,18,20). The van der Waals surface area contributed by atoms with Crippen LogP contribution in [0.1, 0.15) is 36.7 Å². The van der Waals surface area contributed by atoms with Crippen molar-refractivity contribution in [1.29, 1.82) is 0 Å². The Morgan fingerprint density at radius 2 is 2.35 bits per heavy atom. The van der Waals surface area contributed by atoms with Gasteiger partial charge in [0.1, 0.15) is 5.82 Å². The van der Waals surface area contributed by atoms with E-state index >= 15 is 0 Å². The first-order valence-corrected chi connectivity index (χ1v) is 9.06. The lowest BCUT2D eigenvalue weighted by molar-refractivity contribution is 0.135. The molecule has 3 aromatic rings. The molecule has 1 fully saturated rings. The predicted octanol–water partition coefficient (Wildman–Crippen LogP) is 3.56. The largest absolute Gasteiger partial charge is 0.371 e. The van der Waals surface area contributed by atoms with Crippen LogP contribution in [0.5, 0.6) is 0 Å². The Balaban J connectivity index is 1.68. The van der Waals surface area contributed by atoms with E-state index in [0.29, 0.717) is 6.04 Å². The van der Waals surface area contributed by atoms with Crippen LogP contribution in [0.25, 0.3) is 5.52 Å². The van der Waals surface area contributed by atoms with Gasteiger partial charge < -0.3 is 9.72 Å². The van der Waals surface area contributed by atoms with E-state index in [1.165, 1.54) is 12.8 Å². The molecule has 120 valence electrons. The van der Waals surface area contributed by atoms with Crippen molar-refractivity contribution in [3.63, 3.8) is 0 Å². The maximum Gasteiger partial charge on any atom is 0.150 e. The Morgan fingerprint density at radius 3 is 3.17 bits per heavy atom. The summed E-state index contributed by atoms with van der Waals surface area (Å²) in [4.78, 5) is 11.9. The maximum atomic E-state index is 4.90. The number of nitrogens with zero attached hydrogens (tertiary/aromatic N) is 4. The summed E-state index contributed by atoms with van der Waals surface area (Å²) in [7, 11) is 1.94. The molecule has 23 heavy (non-hydrogen) atoms. The molecule has 5 nitrogen and oxygen atoms in total. The Hall–Kier alpha value is -1.92. The Bertz CT molecular complexity index is 779. The summed E-state index contributed by atoms with van der Waals surface area (Å²) in [6, 6.07) is 4.52. The van der Waals surface area contributed by atoms with Crippen molar-refractivity contribution in [2.45, 2.75) is 31.8 Å². The first kappa shape index (κ1) is 14.7. The van der Waals surface area contributed by atoms with Gasteiger partial charge in [0.15, 0.2) is 0 Å². The zero-order chi connectivity index (χ0) is 15.6. The number of aromatic nitrogens is 3. The van der Waals surface area contributed by atoms with Gasteiger partial charge in [0.25, 0.3) is 0 Å². The summed E-state index contributed by atoms with van der Waals surface area (Å²) in [6.45, 7) is 2.02. The van der Waals surface area contributed by atoms with E-state index in [9.17, 15) is 0 Å². The average Bonchev–Trinajstić information content (AvgIpc) is 3.25. The minimum Gasteiger partial charge on any atom is -0.371 e. The SMILES string of the molecule is CNc1nc(C2CCCCN2Cc2cscn2)cn2cccc12. The number of anilines is 1. The van der Waals surface area contributed by atoms with E-state index in [1.54, 1.807) is 11.3 Å². The molecule has 0 radical (unpaired) electrons. The van der Waals surface area contributed by atoms with Crippen molar-refractivity contribution in [1.82, 2.24) is 19.3 Å². The monoisotopic (exact) mass is 327 g/mol. The van der Waals surface area contributed by atoms with Crippen LogP contribution >= 0.6 is 11.3 Å². The second-order valence-electron chi connectivity index (χ2n) is 6.03. The molecule has 1 aliphatic rings. The fourth-order valence-electron chi connectivity index (χ4n) is 3.45. The van der Waals surface area contributed by atoms with Gasteiger partial charge in [-0.15, -0.1) is 11.3 Å². The third kappa shape index (κ3) is 2.84. The lowest BCUT2D eigenvalue weighted by atomic mass is 9.99. The molecule has 6 heteroatoms. The average molecular weight is 327 g/mol. The van der Waals surface area contributed by atoms with E-state index < -0.39 is 0 Å². The molecule has 1 saturated heterocycles. The normalized spacial score (nSPS) is 19.3. The zero-order valence-corrected chi connectivity index (χ0v) is 14.1. The number of rotatable bonds is 4. The van der Waals surface area contributed by atoms with Gasteiger partial charge in [-0.05, 0) is 31.5 Å². The third-order valence-corrected chi connectivity index (χ3v) is 5.21. The van der Waals surface area contributed by atoms with Crippen molar-refractivity contribution in [3.05, 3.63) is 46.8 Å². The van der Waals surface area contributed by atoms with Gasteiger partial charge in [0, 0.05) is 31.4 Å². The topological polar surface area (TPSA) is 45.5 Å². The van der Waals surface area contributed by atoms with E-state index in [4.69, 9.17) is 4.98 Å². The predicted molar refractivity (Wildman–Crippen MR) is 93.9 cm³/mol. The van der Waals surface area contributed by atoms with Crippen LogP contribution in [0.15, 0.2) is 35.4 Å². The fraction of sp³-hybridized carbons (Fsp3) is 0.412. The summed E-state index contributed by atoms with van der Waals surface area (Å²) in [6.07, 6.45) is 7.95. The first-order chi connectivity index (χ1) is 11.3. The second kappa shape index (κ2) is 6.29. The smallest absolute Gasteiger partial charge is 0.150 e. The molecule has 0 bridgehead atoms. The molecular formula is C17H21N5S. The summed E-state index contributed by atoms with van der Waals surface area (Å²) < 4.78 is 2.17. The van der Waals surface area contributed by atoms with Gasteiger partial charge in [-0.2, -0.15) is 0 Å². The van der Waals surface area contributed by atoms with Crippen LogP contribution in [0.2, 0.25) is 0 Å². The molecule has 1 N–H and O–H groups in total. The van der Waals surface area contributed by atoms with Crippen molar-refractivity contribution in [3.8, 4) is 0 Å². The zero-order valence-electron chi connectivity index (χ0n) is 13.3. The van der Waals surface area contributed by atoms with Gasteiger partial charge >= 0.3 is 0 Å². The molecule has 1 atom stereocenters. The van der Waals surface area contributed by atoms with Crippen LogP contribution in [0.3, 0.4) is 0 Å². The minimum atomic E-state index is 0.365. The Morgan fingerprint density at radius 1 is 1.39 bits per heavy atom. The second-order valence-corrected chi connectivity index (χ2v) is 6.75. The Labute approximate surface area is 140 Å². The number of nitrogens with one attached hydrogen (secondary N) is 1. The lowest BCUT2D eigenvalue weighted by Crippen LogP contribution is -2.33. The third-order valence-electron chi connectivity index (χ3n) is 4.57. The molecule has 0 aliphatic carbocycles. The number of piperidine rings is 1. The van der Waals surface area contributed by atoms with Crippen molar-refractivity contribution < 1.29 is 0 Å². The van der Waals surface area contributed by atoms with E-state index in [1.807, 2.05) is 12.6 Å². The Kier molecular flexibility index (Phi) is 4.01. The van der Waals surface area contributed by atoms with E-state index in [0.717, 1.165) is 42.2 Å². The number of hydrogen-bond donors (Lipinski definition) is 1. The molecule has 1 aliphatic heterocycles. The quantitative estimate of drug-likeness (QED) is 0.796. The summed E-state index contributed by atoms with van der Waals surface area (Å²) in [5, 5.41) is 5.38. The summed E-state index contributed by atoms with van der Waals surface area (Å²) >= 11 is 1.67. The molecule has 0 saturated carbocycles. The minimum absolute atomic E-state index is 0.365. The highest BCUT2D eigenvalue weighted by molar-refractivity contribution is 7.07. The van der Waals surface area contributed by atoms with E-state index in [-0.39, 0.29) is 0 Å². The lowest BCUT2D eigenvalue weighted by Gasteiger charge is -2.35. The molecule has 0 amide bonds.